The van der Waals surface area contributed by atoms with E-state index >= 15 is 0 Å². The molecule has 0 saturated carbocycles. The van der Waals surface area contributed by atoms with Crippen LogP contribution in [0.1, 0.15) is 21.7 Å². The van der Waals surface area contributed by atoms with Gasteiger partial charge < -0.3 is 4.74 Å². The Morgan fingerprint density at radius 1 is 1.47 bits per heavy atom. The van der Waals surface area contributed by atoms with Crippen LogP contribution < -0.4 is 0 Å². The van der Waals surface area contributed by atoms with Crippen LogP contribution >= 0.6 is 11.3 Å². The third kappa shape index (κ3) is 3.60. The van der Waals surface area contributed by atoms with E-state index in [2.05, 4.69) is 4.98 Å². The lowest BCUT2D eigenvalue weighted by atomic mass is 10.1. The molecular formula is C14H13FN2OS. The van der Waals surface area contributed by atoms with Gasteiger partial charge in [-0.3, -0.25) is 0 Å². The summed E-state index contributed by atoms with van der Waals surface area (Å²) in [6, 6.07) is 6.13. The lowest BCUT2D eigenvalue weighted by Crippen LogP contribution is -2.01. The van der Waals surface area contributed by atoms with E-state index in [4.69, 9.17) is 10.00 Å². The van der Waals surface area contributed by atoms with Crippen molar-refractivity contribution in [3.8, 4) is 6.07 Å². The Labute approximate surface area is 115 Å². The fourth-order valence-corrected chi connectivity index (χ4v) is 2.47. The largest absolute Gasteiger partial charge is 0.376 e. The molecule has 0 fully saturated rings. The number of hydrogen-bond donors (Lipinski definition) is 0. The molecule has 1 heterocycles. The van der Waals surface area contributed by atoms with E-state index in [9.17, 15) is 4.39 Å². The summed E-state index contributed by atoms with van der Waals surface area (Å²) in [6.45, 7) is 2.75. The van der Waals surface area contributed by atoms with Gasteiger partial charge in [0, 0.05) is 11.3 Å². The molecule has 1 aromatic heterocycles. The molecule has 98 valence electrons. The number of nitriles is 1. The predicted octanol–water partition coefficient (Wildman–Crippen LogP) is 3.22. The molecule has 3 nitrogen and oxygen atoms in total. The maximum Gasteiger partial charge on any atom is 0.123 e. The highest BCUT2D eigenvalue weighted by atomic mass is 32.1. The van der Waals surface area contributed by atoms with E-state index in [0.29, 0.717) is 17.7 Å². The van der Waals surface area contributed by atoms with Gasteiger partial charge in [0.25, 0.3) is 0 Å². The molecule has 1 aromatic carbocycles. The van der Waals surface area contributed by atoms with Crippen LogP contribution in [0.3, 0.4) is 0 Å². The summed E-state index contributed by atoms with van der Waals surface area (Å²) in [5.74, 6) is -0.351. The van der Waals surface area contributed by atoms with E-state index in [-0.39, 0.29) is 12.4 Å². The van der Waals surface area contributed by atoms with Crippen molar-refractivity contribution in [2.45, 2.75) is 20.0 Å². The van der Waals surface area contributed by atoms with Gasteiger partial charge in [0.05, 0.1) is 36.1 Å². The Morgan fingerprint density at radius 3 is 3.00 bits per heavy atom. The molecule has 0 bridgehead atoms. The standard InChI is InChI=1S/C14H13FN2OS/c1-10-14(19-9-17-10)4-5-18-8-12-6-13(15)3-2-11(12)7-16/h2-3,6,9H,4-5,8H2,1H3. The Kier molecular flexibility index (Phi) is 4.61. The molecule has 19 heavy (non-hydrogen) atoms. The molecule has 0 unspecified atom stereocenters. The molecule has 0 aliphatic rings. The normalized spacial score (nSPS) is 10.4. The number of nitrogens with zero attached hydrogens (tertiary/aromatic N) is 2. The Morgan fingerprint density at radius 2 is 2.32 bits per heavy atom. The zero-order valence-corrected chi connectivity index (χ0v) is 11.3. The highest BCUT2D eigenvalue weighted by molar-refractivity contribution is 7.09. The second-order valence-electron chi connectivity index (χ2n) is 4.08. The summed E-state index contributed by atoms with van der Waals surface area (Å²) in [5, 5.41) is 8.92. The summed E-state index contributed by atoms with van der Waals surface area (Å²) < 4.78 is 18.6. The van der Waals surface area contributed by atoms with Crippen LogP contribution in [-0.4, -0.2) is 11.6 Å². The van der Waals surface area contributed by atoms with Crippen molar-refractivity contribution in [2.24, 2.45) is 0 Å². The number of benzene rings is 1. The summed E-state index contributed by atoms with van der Waals surface area (Å²) in [4.78, 5) is 5.36. The zero-order chi connectivity index (χ0) is 13.7. The van der Waals surface area contributed by atoms with Gasteiger partial charge in [0.1, 0.15) is 5.82 Å². The maximum atomic E-state index is 13.1. The minimum atomic E-state index is -0.351. The third-order valence-electron chi connectivity index (χ3n) is 2.76. The van der Waals surface area contributed by atoms with Gasteiger partial charge in [0.15, 0.2) is 0 Å². The molecule has 0 atom stereocenters. The minimum Gasteiger partial charge on any atom is -0.376 e. The fraction of sp³-hybridized carbons (Fsp3) is 0.286. The molecule has 2 rings (SSSR count). The Bertz CT molecular complexity index is 604. The van der Waals surface area contributed by atoms with Gasteiger partial charge in [-0.15, -0.1) is 11.3 Å². The average molecular weight is 276 g/mol. The number of aryl methyl sites for hydroxylation is 1. The highest BCUT2D eigenvalue weighted by Crippen LogP contribution is 2.14. The fourth-order valence-electron chi connectivity index (χ4n) is 1.70. The van der Waals surface area contributed by atoms with Crippen LogP contribution in [0.5, 0.6) is 0 Å². The minimum absolute atomic E-state index is 0.249. The molecule has 0 N–H and O–H groups in total. The number of hydrogen-bond acceptors (Lipinski definition) is 4. The quantitative estimate of drug-likeness (QED) is 0.788. The van der Waals surface area contributed by atoms with Gasteiger partial charge in [-0.1, -0.05) is 0 Å². The van der Waals surface area contributed by atoms with E-state index < -0.39 is 0 Å². The van der Waals surface area contributed by atoms with Crippen molar-refractivity contribution in [1.29, 1.82) is 5.26 Å². The van der Waals surface area contributed by atoms with Crippen molar-refractivity contribution in [3.05, 3.63) is 51.2 Å². The van der Waals surface area contributed by atoms with Gasteiger partial charge in [-0.05, 0) is 30.7 Å². The number of rotatable bonds is 5. The maximum absolute atomic E-state index is 13.1. The van der Waals surface area contributed by atoms with E-state index in [0.717, 1.165) is 12.1 Å². The molecule has 0 aliphatic heterocycles. The third-order valence-corrected chi connectivity index (χ3v) is 3.76. The Balaban J connectivity index is 1.88. The lowest BCUT2D eigenvalue weighted by Gasteiger charge is -2.06. The first-order valence-electron chi connectivity index (χ1n) is 5.86. The number of thiazole rings is 1. The molecule has 0 aliphatic carbocycles. The summed E-state index contributed by atoms with van der Waals surface area (Å²) >= 11 is 1.60. The molecule has 5 heteroatoms. The van der Waals surface area contributed by atoms with Crippen LogP contribution in [0.25, 0.3) is 0 Å². The summed E-state index contributed by atoms with van der Waals surface area (Å²) in [6.07, 6.45) is 0.785. The first-order valence-corrected chi connectivity index (χ1v) is 6.74. The van der Waals surface area contributed by atoms with Crippen LogP contribution in [0.2, 0.25) is 0 Å². The predicted molar refractivity (Wildman–Crippen MR) is 71.3 cm³/mol. The number of halogens is 1. The second kappa shape index (κ2) is 6.41. The smallest absolute Gasteiger partial charge is 0.123 e. The van der Waals surface area contributed by atoms with E-state index in [1.165, 1.54) is 23.1 Å². The topological polar surface area (TPSA) is 45.9 Å². The van der Waals surface area contributed by atoms with E-state index in [1.54, 1.807) is 11.3 Å². The van der Waals surface area contributed by atoms with Crippen LogP contribution in [-0.2, 0) is 17.8 Å². The van der Waals surface area contributed by atoms with Gasteiger partial charge in [-0.2, -0.15) is 5.26 Å². The monoisotopic (exact) mass is 276 g/mol. The number of ether oxygens (including phenoxy) is 1. The summed E-state index contributed by atoms with van der Waals surface area (Å²) in [7, 11) is 0. The van der Waals surface area contributed by atoms with Crippen molar-refractivity contribution in [2.75, 3.05) is 6.61 Å². The molecule has 0 radical (unpaired) electrons. The molecule has 2 aromatic rings. The first-order chi connectivity index (χ1) is 9.20. The van der Waals surface area contributed by atoms with Crippen molar-refractivity contribution in [3.63, 3.8) is 0 Å². The average Bonchev–Trinajstić information content (AvgIpc) is 2.80. The lowest BCUT2D eigenvalue weighted by molar-refractivity contribution is 0.124. The van der Waals surface area contributed by atoms with Gasteiger partial charge in [0.2, 0.25) is 0 Å². The van der Waals surface area contributed by atoms with E-state index in [1.807, 2.05) is 18.5 Å². The van der Waals surface area contributed by atoms with Crippen LogP contribution in [0, 0.1) is 24.1 Å². The zero-order valence-electron chi connectivity index (χ0n) is 10.5. The summed E-state index contributed by atoms with van der Waals surface area (Å²) in [5.41, 5.74) is 3.88. The first kappa shape index (κ1) is 13.7. The van der Waals surface area contributed by atoms with Crippen molar-refractivity contribution >= 4 is 11.3 Å². The molecule has 0 amide bonds. The van der Waals surface area contributed by atoms with Crippen LogP contribution in [0.4, 0.5) is 4.39 Å². The van der Waals surface area contributed by atoms with Crippen LogP contribution in [0.15, 0.2) is 23.7 Å². The SMILES string of the molecule is Cc1ncsc1CCOCc1cc(F)ccc1C#N. The molecular weight excluding hydrogens is 263 g/mol. The molecule has 0 saturated heterocycles. The van der Waals surface area contributed by atoms with Gasteiger partial charge in [-0.25, -0.2) is 9.37 Å². The second-order valence-corrected chi connectivity index (χ2v) is 5.02. The molecule has 0 spiro atoms. The van der Waals surface area contributed by atoms with Gasteiger partial charge >= 0.3 is 0 Å². The van der Waals surface area contributed by atoms with Crippen molar-refractivity contribution in [1.82, 2.24) is 4.98 Å². The highest BCUT2D eigenvalue weighted by Gasteiger charge is 2.05. The Hall–Kier alpha value is -1.77. The van der Waals surface area contributed by atoms with Crippen molar-refractivity contribution < 1.29 is 9.13 Å². The number of aromatic nitrogens is 1.